The van der Waals surface area contributed by atoms with Crippen LogP contribution in [0.25, 0.3) is 0 Å². The van der Waals surface area contributed by atoms with E-state index in [0.717, 1.165) is 13.1 Å². The lowest BCUT2D eigenvalue weighted by molar-refractivity contribution is -0.153. The summed E-state index contributed by atoms with van der Waals surface area (Å²) in [7, 11) is 17.9. The molecule has 5 aliphatic rings. The minimum absolute atomic E-state index is 0. The average molecular weight is 899 g/mol. The molecule has 0 saturated carbocycles. The van der Waals surface area contributed by atoms with Crippen LogP contribution in [-0.2, 0) is 33.6 Å². The number of piperazine rings is 5. The highest BCUT2D eigenvalue weighted by Gasteiger charge is 2.27. The molecule has 0 unspecified atom stereocenters. The van der Waals surface area contributed by atoms with Crippen molar-refractivity contribution < 1.29 is 33.6 Å². The molecule has 0 spiro atoms. The second kappa shape index (κ2) is 50.0. The number of amides is 7. The molecule has 7 amide bonds. The second-order valence-corrected chi connectivity index (χ2v) is 12.6. The van der Waals surface area contributed by atoms with Crippen molar-refractivity contribution >= 4 is 41.4 Å². The van der Waals surface area contributed by atoms with Gasteiger partial charge in [0.25, 0.3) is 0 Å². The molecule has 0 N–H and O–H groups in total. The Kier molecular flexibility index (Phi) is 66.2. The van der Waals surface area contributed by atoms with Gasteiger partial charge in [-0.1, -0.05) is 106 Å². The third-order valence-corrected chi connectivity index (χ3v) is 8.18. The van der Waals surface area contributed by atoms with Gasteiger partial charge >= 0.3 is 11.8 Å². The van der Waals surface area contributed by atoms with Crippen LogP contribution in [0.3, 0.4) is 0 Å². The van der Waals surface area contributed by atoms with E-state index in [1.807, 2.05) is 88.2 Å². The molecule has 5 heterocycles. The maximum atomic E-state index is 10.9. The molecular weight excluding hydrogens is 793 g/mol. The first kappa shape index (κ1) is 82.1. The van der Waals surface area contributed by atoms with E-state index in [1.165, 1.54) is 57.7 Å². The quantitative estimate of drug-likeness (QED) is 0.253. The van der Waals surface area contributed by atoms with Gasteiger partial charge in [0, 0.05) is 94.6 Å². The molecule has 5 rings (SSSR count). The van der Waals surface area contributed by atoms with Crippen molar-refractivity contribution in [1.82, 2.24) is 49.0 Å². The van der Waals surface area contributed by atoms with Crippen molar-refractivity contribution in [1.29, 1.82) is 0 Å². The third kappa shape index (κ3) is 36.9. The van der Waals surface area contributed by atoms with E-state index >= 15 is 0 Å². The molecule has 0 aromatic carbocycles. The fraction of sp³-hybridized carbons (Fsp3) is 0.844. The van der Waals surface area contributed by atoms with Gasteiger partial charge in [0.2, 0.25) is 29.5 Å². The molecule has 0 radical (unpaired) electrons. The molecule has 17 heteroatoms. The first-order valence-electron chi connectivity index (χ1n) is 20.6. The second-order valence-electron chi connectivity index (χ2n) is 12.6. The lowest BCUT2D eigenvalue weighted by Crippen LogP contribution is -2.50. The predicted octanol–water partition coefficient (Wildman–Crippen LogP) is 4.32. The highest BCUT2D eigenvalue weighted by molar-refractivity contribution is 6.35. The van der Waals surface area contributed by atoms with E-state index in [0.29, 0.717) is 32.7 Å². The summed E-state index contributed by atoms with van der Waals surface area (Å²) in [5.74, 6) is -0.840. The minimum atomic E-state index is -0.409. The molecule has 5 aliphatic heterocycles. The Bertz CT molecular complexity index is 1050. The largest absolute Gasteiger partial charge is 0.343 e. The number of carbonyl (C=O) groups is 7. The molecule has 0 bridgehead atoms. The van der Waals surface area contributed by atoms with Gasteiger partial charge in [-0.2, -0.15) is 0 Å². The molecular formula is C45H106N10O7. The van der Waals surface area contributed by atoms with Crippen LogP contribution in [-0.4, -0.2) is 246 Å². The summed E-state index contributed by atoms with van der Waals surface area (Å²) in [4.78, 5) is 93.3. The number of nitrogens with zero attached hydrogens (tertiary/aromatic N) is 10. The lowest BCUT2D eigenvalue weighted by Gasteiger charge is -2.28. The molecule has 0 aromatic heterocycles. The van der Waals surface area contributed by atoms with Crippen LogP contribution >= 0.6 is 0 Å². The van der Waals surface area contributed by atoms with Gasteiger partial charge in [-0.05, 0) is 28.2 Å². The molecule has 0 aliphatic carbocycles. The Morgan fingerprint density at radius 1 is 0.258 bits per heavy atom. The van der Waals surface area contributed by atoms with Gasteiger partial charge < -0.3 is 34.3 Å². The SMILES string of the molecule is C.C.C.C.C.CC.CC.CC.CC.CC.CN1CC(=O)N(C)C(=O)C1.CN1CC(=O)N(C)CC1=O.CN1CCN(C)C(=O)C1.CN1CCN(C)C(=O)C1=O.CN1CCN(C)CC1. The van der Waals surface area contributed by atoms with Gasteiger partial charge in [0.05, 0.1) is 32.7 Å². The number of hydrogen-bond acceptors (Lipinski definition) is 11. The molecule has 62 heavy (non-hydrogen) atoms. The van der Waals surface area contributed by atoms with Crippen LogP contribution < -0.4 is 0 Å². The van der Waals surface area contributed by atoms with E-state index < -0.39 is 11.8 Å². The van der Waals surface area contributed by atoms with Crippen molar-refractivity contribution in [2.75, 3.05) is 156 Å². The molecule has 5 saturated heterocycles. The van der Waals surface area contributed by atoms with Crippen molar-refractivity contribution in [3.8, 4) is 0 Å². The normalized spacial score (nSPS) is 17.3. The zero-order valence-electron chi connectivity index (χ0n) is 40.0. The first-order valence-corrected chi connectivity index (χ1v) is 20.6. The summed E-state index contributed by atoms with van der Waals surface area (Å²) < 4.78 is 0. The van der Waals surface area contributed by atoms with Gasteiger partial charge in [-0.15, -0.1) is 0 Å². The zero-order chi connectivity index (χ0) is 46.0. The smallest absolute Gasteiger partial charge is 0.311 e. The van der Waals surface area contributed by atoms with Crippen molar-refractivity contribution in [2.24, 2.45) is 0 Å². The van der Waals surface area contributed by atoms with Crippen LogP contribution in [0.1, 0.15) is 106 Å². The Morgan fingerprint density at radius 3 is 0.742 bits per heavy atom. The summed E-state index contributed by atoms with van der Waals surface area (Å²) in [6.45, 7) is 29.8. The van der Waals surface area contributed by atoms with Gasteiger partial charge in [0.1, 0.15) is 0 Å². The Balaban J connectivity index is -0.0000000636. The Morgan fingerprint density at radius 2 is 0.484 bits per heavy atom. The van der Waals surface area contributed by atoms with Crippen molar-refractivity contribution in [3.05, 3.63) is 0 Å². The number of carbonyl (C=O) groups excluding carboxylic acids is 7. The van der Waals surface area contributed by atoms with Gasteiger partial charge in [-0.25, -0.2) is 0 Å². The number of imide groups is 1. The number of likely N-dealkylation sites (N-methyl/N-ethyl adjacent to an activating group) is 10. The standard InChI is InChI=1S/3C6H10N2O2.C6H12N2O.C6H14N2.5C2H6.5CH4/c1-7-3-6(10)8(2)4-5(7)9;1-7-3-5(9)8(2)6(10)4-7;1-7-3-4-8(2)6(10)5(7)9;1-7-3-4-8(2)6(9)5-7;1-7-3-5-8(2)6-4-7;5*1-2;;;;;/h3*3-4H2,1-2H3;3-5H2,1-2H3;3-6H2,1-2H3;5*1-2H3;5*1H4. The van der Waals surface area contributed by atoms with Gasteiger partial charge in [-0.3, -0.25) is 48.3 Å². The van der Waals surface area contributed by atoms with Crippen LogP contribution in [0.15, 0.2) is 0 Å². The number of hydrogen-bond donors (Lipinski definition) is 0. The topological polar surface area (TPSA) is 152 Å². The van der Waals surface area contributed by atoms with Crippen molar-refractivity contribution in [2.45, 2.75) is 106 Å². The minimum Gasteiger partial charge on any atom is -0.343 e. The van der Waals surface area contributed by atoms with E-state index in [9.17, 15) is 33.6 Å². The van der Waals surface area contributed by atoms with Crippen LogP contribution in [0, 0.1) is 0 Å². The monoisotopic (exact) mass is 899 g/mol. The van der Waals surface area contributed by atoms with Crippen LogP contribution in [0.2, 0.25) is 0 Å². The summed E-state index contributed by atoms with van der Waals surface area (Å²) in [5.41, 5.74) is 0. The molecule has 378 valence electrons. The van der Waals surface area contributed by atoms with E-state index in [2.05, 4.69) is 23.9 Å². The predicted molar refractivity (Wildman–Crippen MR) is 266 cm³/mol. The molecule has 0 aromatic rings. The van der Waals surface area contributed by atoms with Crippen molar-refractivity contribution in [3.63, 3.8) is 0 Å². The average Bonchev–Trinajstić information content (AvgIpc) is 3.21. The van der Waals surface area contributed by atoms with Gasteiger partial charge in [0.15, 0.2) is 0 Å². The van der Waals surface area contributed by atoms with Crippen LogP contribution in [0.4, 0.5) is 0 Å². The highest BCUT2D eigenvalue weighted by atomic mass is 16.2. The molecule has 0 atom stereocenters. The van der Waals surface area contributed by atoms with Crippen LogP contribution in [0.5, 0.6) is 0 Å². The summed E-state index contributed by atoms with van der Waals surface area (Å²) in [6.07, 6.45) is 0. The fourth-order valence-electron chi connectivity index (χ4n) is 4.30. The summed E-state index contributed by atoms with van der Waals surface area (Å²) >= 11 is 0. The first-order chi connectivity index (χ1) is 26.8. The maximum absolute atomic E-state index is 10.9. The van der Waals surface area contributed by atoms with E-state index in [1.54, 1.807) is 45.0 Å². The maximum Gasteiger partial charge on any atom is 0.311 e. The fourth-order valence-corrected chi connectivity index (χ4v) is 4.30. The van der Waals surface area contributed by atoms with E-state index in [-0.39, 0.29) is 79.8 Å². The Hall–Kier alpha value is -3.67. The summed E-state index contributed by atoms with van der Waals surface area (Å²) in [6, 6.07) is 0. The number of rotatable bonds is 0. The van der Waals surface area contributed by atoms with E-state index in [4.69, 9.17) is 0 Å². The highest BCUT2D eigenvalue weighted by Crippen LogP contribution is 2.00. The Labute approximate surface area is 385 Å². The third-order valence-electron chi connectivity index (χ3n) is 8.18. The molecule has 17 nitrogen and oxygen atoms in total. The summed E-state index contributed by atoms with van der Waals surface area (Å²) in [5, 5.41) is 0. The lowest BCUT2D eigenvalue weighted by atomic mass is 10.3. The molecule has 5 fully saturated rings. The zero-order valence-corrected chi connectivity index (χ0v) is 40.0.